The first kappa shape index (κ1) is 13.9. The van der Waals surface area contributed by atoms with Crippen molar-refractivity contribution in [3.05, 3.63) is 52.8 Å². The summed E-state index contributed by atoms with van der Waals surface area (Å²) in [5.74, 6) is -0.0189. The summed E-state index contributed by atoms with van der Waals surface area (Å²) in [6, 6.07) is 10.1. The third kappa shape index (κ3) is 2.45. The van der Waals surface area contributed by atoms with Crippen molar-refractivity contribution in [2.45, 2.75) is 33.1 Å². The molecule has 0 N–H and O–H groups in total. The van der Waals surface area contributed by atoms with E-state index in [4.69, 9.17) is 11.6 Å². The van der Waals surface area contributed by atoms with E-state index in [0.29, 0.717) is 5.56 Å². The number of nitrogens with zero attached hydrogens (tertiary/aromatic N) is 1. The lowest BCUT2D eigenvalue weighted by Crippen LogP contribution is -2.12. The molecule has 1 unspecified atom stereocenters. The van der Waals surface area contributed by atoms with E-state index in [0.717, 1.165) is 17.1 Å². The van der Waals surface area contributed by atoms with Gasteiger partial charge in [0.1, 0.15) is 0 Å². The standard InChI is InChI=1S/C16H18ClNO/c1-10-7-5-6-8-15(10)18-11(2)9-14(13(18)4)16(19)12(3)17/h5-9,12H,1-4H3. The molecule has 0 radical (unpaired) electrons. The number of alkyl halides is 1. The number of carbonyl (C=O) groups excluding carboxylic acids is 1. The van der Waals surface area contributed by atoms with Gasteiger partial charge in [-0.2, -0.15) is 0 Å². The first-order valence-electron chi connectivity index (χ1n) is 6.36. The molecule has 0 aliphatic carbocycles. The van der Waals surface area contributed by atoms with Crippen molar-refractivity contribution in [3.8, 4) is 5.69 Å². The molecule has 0 spiro atoms. The summed E-state index contributed by atoms with van der Waals surface area (Å²) in [4.78, 5) is 12.1. The van der Waals surface area contributed by atoms with Crippen LogP contribution in [0.2, 0.25) is 0 Å². The van der Waals surface area contributed by atoms with Crippen LogP contribution in [-0.2, 0) is 0 Å². The smallest absolute Gasteiger partial charge is 0.182 e. The summed E-state index contributed by atoms with van der Waals surface area (Å²) in [7, 11) is 0. The molecule has 0 saturated heterocycles. The molecule has 1 aromatic heterocycles. The molecule has 0 amide bonds. The maximum atomic E-state index is 12.1. The molecule has 2 aromatic rings. The Morgan fingerprint density at radius 1 is 1.21 bits per heavy atom. The van der Waals surface area contributed by atoms with Crippen molar-refractivity contribution in [2.24, 2.45) is 0 Å². The van der Waals surface area contributed by atoms with Crippen LogP contribution in [0.15, 0.2) is 30.3 Å². The molecule has 1 atom stereocenters. The zero-order valence-electron chi connectivity index (χ0n) is 11.7. The lowest BCUT2D eigenvalue weighted by atomic mass is 10.1. The Hall–Kier alpha value is -1.54. The second kappa shape index (κ2) is 5.22. The van der Waals surface area contributed by atoms with Crippen LogP contribution < -0.4 is 0 Å². The van der Waals surface area contributed by atoms with Crippen LogP contribution in [-0.4, -0.2) is 15.7 Å². The van der Waals surface area contributed by atoms with Crippen LogP contribution in [0.25, 0.3) is 5.69 Å². The summed E-state index contributed by atoms with van der Waals surface area (Å²) < 4.78 is 2.11. The molecule has 1 aromatic carbocycles. The fraction of sp³-hybridized carbons (Fsp3) is 0.312. The quantitative estimate of drug-likeness (QED) is 0.607. The number of halogens is 1. The van der Waals surface area contributed by atoms with Crippen molar-refractivity contribution in [3.63, 3.8) is 0 Å². The zero-order valence-corrected chi connectivity index (χ0v) is 12.5. The Labute approximate surface area is 119 Å². The highest BCUT2D eigenvalue weighted by Gasteiger charge is 2.20. The highest BCUT2D eigenvalue weighted by atomic mass is 35.5. The van der Waals surface area contributed by atoms with Crippen molar-refractivity contribution >= 4 is 17.4 Å². The maximum Gasteiger partial charge on any atom is 0.182 e. The van der Waals surface area contributed by atoms with E-state index >= 15 is 0 Å². The monoisotopic (exact) mass is 275 g/mol. The Balaban J connectivity index is 2.61. The minimum absolute atomic E-state index is 0.0189. The first-order chi connectivity index (χ1) is 8.93. The summed E-state index contributed by atoms with van der Waals surface area (Å²) >= 11 is 5.91. The summed E-state index contributed by atoms with van der Waals surface area (Å²) in [6.45, 7) is 7.75. The van der Waals surface area contributed by atoms with E-state index in [9.17, 15) is 4.79 Å². The van der Waals surface area contributed by atoms with Gasteiger partial charge in [0.15, 0.2) is 5.78 Å². The molecular formula is C16H18ClNO. The fourth-order valence-corrected chi connectivity index (χ4v) is 2.53. The minimum Gasteiger partial charge on any atom is -0.317 e. The molecule has 1 heterocycles. The topological polar surface area (TPSA) is 22.0 Å². The van der Waals surface area contributed by atoms with Gasteiger partial charge in [-0.3, -0.25) is 4.79 Å². The van der Waals surface area contributed by atoms with Gasteiger partial charge in [0.25, 0.3) is 0 Å². The number of rotatable bonds is 3. The summed E-state index contributed by atoms with van der Waals surface area (Å²) in [5.41, 5.74) is 5.00. The molecule has 3 heteroatoms. The molecule has 0 aliphatic heterocycles. The molecular weight excluding hydrogens is 258 g/mol. The first-order valence-corrected chi connectivity index (χ1v) is 6.80. The number of Topliss-reactive ketones (excluding diaryl/α,β-unsaturated/α-hetero) is 1. The number of aromatic nitrogens is 1. The Bertz CT molecular complexity index is 626. The van der Waals surface area contributed by atoms with Crippen molar-refractivity contribution < 1.29 is 4.79 Å². The second-order valence-electron chi connectivity index (χ2n) is 4.89. The van der Waals surface area contributed by atoms with Crippen molar-refractivity contribution in [1.82, 2.24) is 4.57 Å². The summed E-state index contributed by atoms with van der Waals surface area (Å²) in [6.07, 6.45) is 0. The minimum atomic E-state index is -0.495. The Kier molecular flexibility index (Phi) is 3.81. The van der Waals surface area contributed by atoms with E-state index in [-0.39, 0.29) is 5.78 Å². The molecule has 0 saturated carbocycles. The number of carbonyl (C=O) groups is 1. The van der Waals surface area contributed by atoms with Gasteiger partial charge < -0.3 is 4.57 Å². The number of benzene rings is 1. The normalized spacial score (nSPS) is 12.5. The van der Waals surface area contributed by atoms with E-state index in [1.54, 1.807) is 6.92 Å². The van der Waals surface area contributed by atoms with Gasteiger partial charge in [-0.25, -0.2) is 0 Å². The molecule has 2 nitrogen and oxygen atoms in total. The third-order valence-corrected chi connectivity index (χ3v) is 3.61. The molecule has 19 heavy (non-hydrogen) atoms. The number of para-hydroxylation sites is 1. The molecule has 0 fully saturated rings. The third-order valence-electron chi connectivity index (χ3n) is 3.41. The van der Waals surface area contributed by atoms with Gasteiger partial charge in [-0.1, -0.05) is 18.2 Å². The van der Waals surface area contributed by atoms with Gasteiger partial charge >= 0.3 is 0 Å². The van der Waals surface area contributed by atoms with Crippen LogP contribution in [0.5, 0.6) is 0 Å². The molecule has 0 bridgehead atoms. The SMILES string of the molecule is Cc1ccccc1-n1c(C)cc(C(=O)C(C)Cl)c1C. The van der Waals surface area contributed by atoms with E-state index in [2.05, 4.69) is 23.6 Å². The second-order valence-corrected chi connectivity index (χ2v) is 5.54. The van der Waals surface area contributed by atoms with Crippen LogP contribution in [0.4, 0.5) is 0 Å². The number of aryl methyl sites for hydroxylation is 2. The van der Waals surface area contributed by atoms with Crippen molar-refractivity contribution in [1.29, 1.82) is 0 Å². The molecule has 2 rings (SSSR count). The Morgan fingerprint density at radius 3 is 2.42 bits per heavy atom. The average molecular weight is 276 g/mol. The fourth-order valence-electron chi connectivity index (χ4n) is 2.41. The number of ketones is 1. The largest absolute Gasteiger partial charge is 0.317 e. The predicted molar refractivity (Wildman–Crippen MR) is 79.6 cm³/mol. The highest BCUT2D eigenvalue weighted by Crippen LogP contribution is 2.24. The zero-order chi connectivity index (χ0) is 14.2. The number of hydrogen-bond donors (Lipinski definition) is 0. The van der Waals surface area contributed by atoms with E-state index in [1.807, 2.05) is 32.0 Å². The lowest BCUT2D eigenvalue weighted by Gasteiger charge is -2.12. The average Bonchev–Trinajstić information content (AvgIpc) is 2.65. The van der Waals surface area contributed by atoms with Gasteiger partial charge in [-0.05, 0) is 45.4 Å². The van der Waals surface area contributed by atoms with Crippen LogP contribution in [0.1, 0.15) is 34.2 Å². The highest BCUT2D eigenvalue weighted by molar-refractivity contribution is 6.33. The maximum absolute atomic E-state index is 12.1. The van der Waals surface area contributed by atoms with Crippen molar-refractivity contribution in [2.75, 3.05) is 0 Å². The van der Waals surface area contributed by atoms with Gasteiger partial charge in [0, 0.05) is 22.6 Å². The van der Waals surface area contributed by atoms with Crippen LogP contribution >= 0.6 is 11.6 Å². The molecule has 0 aliphatic rings. The van der Waals surface area contributed by atoms with Gasteiger partial charge in [-0.15, -0.1) is 11.6 Å². The van der Waals surface area contributed by atoms with Gasteiger partial charge in [0.05, 0.1) is 5.38 Å². The van der Waals surface area contributed by atoms with Crippen LogP contribution in [0.3, 0.4) is 0 Å². The van der Waals surface area contributed by atoms with E-state index < -0.39 is 5.38 Å². The van der Waals surface area contributed by atoms with Gasteiger partial charge in [0.2, 0.25) is 0 Å². The summed E-state index contributed by atoms with van der Waals surface area (Å²) in [5, 5.41) is -0.495. The van der Waals surface area contributed by atoms with Crippen LogP contribution in [0, 0.1) is 20.8 Å². The lowest BCUT2D eigenvalue weighted by molar-refractivity contribution is 0.0991. The Morgan fingerprint density at radius 2 is 1.84 bits per heavy atom. The number of hydrogen-bond acceptors (Lipinski definition) is 1. The molecule has 100 valence electrons. The van der Waals surface area contributed by atoms with E-state index in [1.165, 1.54) is 5.56 Å². The predicted octanol–water partition coefficient (Wildman–Crippen LogP) is 4.21.